The zero-order chi connectivity index (χ0) is 14.4. The van der Waals surface area contributed by atoms with Crippen molar-refractivity contribution >= 4 is 21.6 Å². The third-order valence-corrected chi connectivity index (χ3v) is 3.01. The number of nitrogens with zero attached hydrogens (tertiary/aromatic N) is 1. The molecule has 0 aromatic heterocycles. The van der Waals surface area contributed by atoms with E-state index < -0.39 is 4.92 Å². The van der Waals surface area contributed by atoms with Gasteiger partial charge in [0, 0.05) is 10.5 Å². The van der Waals surface area contributed by atoms with Crippen molar-refractivity contribution in [2.75, 3.05) is 13.2 Å². The zero-order valence-corrected chi connectivity index (χ0v) is 12.1. The molecule has 2 aromatic carbocycles. The van der Waals surface area contributed by atoms with E-state index in [4.69, 9.17) is 9.47 Å². The molecule has 0 aliphatic carbocycles. The van der Waals surface area contributed by atoms with Crippen LogP contribution in [0.5, 0.6) is 11.5 Å². The number of hydrogen-bond acceptors (Lipinski definition) is 4. The maximum Gasteiger partial charge on any atom is 0.310 e. The number of halogens is 1. The van der Waals surface area contributed by atoms with Crippen molar-refractivity contribution < 1.29 is 14.4 Å². The van der Waals surface area contributed by atoms with Crippen molar-refractivity contribution in [1.82, 2.24) is 0 Å². The van der Waals surface area contributed by atoms with Gasteiger partial charge in [0.2, 0.25) is 0 Å². The van der Waals surface area contributed by atoms with Crippen LogP contribution >= 0.6 is 15.9 Å². The highest BCUT2D eigenvalue weighted by Crippen LogP contribution is 2.25. The fourth-order valence-corrected chi connectivity index (χ4v) is 1.84. The first kappa shape index (κ1) is 14.3. The van der Waals surface area contributed by atoms with Gasteiger partial charge in [0.15, 0.2) is 5.75 Å². The Labute approximate surface area is 124 Å². The summed E-state index contributed by atoms with van der Waals surface area (Å²) in [6.07, 6.45) is 0. The first-order chi connectivity index (χ1) is 9.66. The lowest BCUT2D eigenvalue weighted by molar-refractivity contribution is -0.385. The molecule has 0 heterocycles. The van der Waals surface area contributed by atoms with Crippen LogP contribution in [0.25, 0.3) is 0 Å². The third-order valence-electron chi connectivity index (χ3n) is 2.49. The molecule has 0 N–H and O–H groups in total. The average molecular weight is 338 g/mol. The van der Waals surface area contributed by atoms with Gasteiger partial charge in [-0.15, -0.1) is 0 Å². The molecule has 104 valence electrons. The van der Waals surface area contributed by atoms with Crippen LogP contribution in [0.1, 0.15) is 0 Å². The quantitative estimate of drug-likeness (QED) is 0.456. The second kappa shape index (κ2) is 6.91. The van der Waals surface area contributed by atoms with E-state index >= 15 is 0 Å². The molecular weight excluding hydrogens is 326 g/mol. The average Bonchev–Trinajstić information content (AvgIpc) is 2.46. The molecule has 0 unspecified atom stereocenters. The van der Waals surface area contributed by atoms with Crippen LogP contribution in [0.3, 0.4) is 0 Å². The molecule has 0 spiro atoms. The molecule has 20 heavy (non-hydrogen) atoms. The molecule has 0 saturated carbocycles. The Kier molecular flexibility index (Phi) is 4.95. The fraction of sp³-hybridized carbons (Fsp3) is 0.143. The minimum atomic E-state index is -0.467. The van der Waals surface area contributed by atoms with E-state index in [2.05, 4.69) is 15.9 Å². The van der Waals surface area contributed by atoms with E-state index in [1.54, 1.807) is 18.2 Å². The standard InChI is InChI=1S/C14H12BrNO4/c15-11-5-7-12(8-6-11)19-9-10-20-14-4-2-1-3-13(14)16(17)18/h1-8H,9-10H2. The lowest BCUT2D eigenvalue weighted by Crippen LogP contribution is -2.09. The summed E-state index contributed by atoms with van der Waals surface area (Å²) >= 11 is 3.34. The molecule has 0 atom stereocenters. The van der Waals surface area contributed by atoms with Crippen LogP contribution in [-0.2, 0) is 0 Å². The number of para-hydroxylation sites is 2. The maximum absolute atomic E-state index is 10.8. The number of benzene rings is 2. The summed E-state index contributed by atoms with van der Waals surface area (Å²) in [5, 5.41) is 10.8. The smallest absolute Gasteiger partial charge is 0.310 e. The maximum atomic E-state index is 10.8. The van der Waals surface area contributed by atoms with E-state index in [1.807, 2.05) is 24.3 Å². The van der Waals surface area contributed by atoms with Crippen LogP contribution in [0.2, 0.25) is 0 Å². The number of hydrogen-bond donors (Lipinski definition) is 0. The van der Waals surface area contributed by atoms with Gasteiger partial charge in [0.05, 0.1) is 4.92 Å². The third kappa shape index (κ3) is 3.96. The Morgan fingerprint density at radius 2 is 1.65 bits per heavy atom. The van der Waals surface area contributed by atoms with Crippen molar-refractivity contribution in [2.45, 2.75) is 0 Å². The van der Waals surface area contributed by atoms with Gasteiger partial charge in [-0.2, -0.15) is 0 Å². The zero-order valence-electron chi connectivity index (χ0n) is 10.5. The Balaban J connectivity index is 1.84. The van der Waals surface area contributed by atoms with Crippen molar-refractivity contribution in [1.29, 1.82) is 0 Å². The lowest BCUT2D eigenvalue weighted by Gasteiger charge is -2.08. The number of nitro benzene ring substituents is 1. The molecule has 5 nitrogen and oxygen atoms in total. The van der Waals surface area contributed by atoms with Gasteiger partial charge in [-0.1, -0.05) is 28.1 Å². The van der Waals surface area contributed by atoms with Crippen LogP contribution in [-0.4, -0.2) is 18.1 Å². The van der Waals surface area contributed by atoms with Crippen molar-refractivity contribution in [2.24, 2.45) is 0 Å². The lowest BCUT2D eigenvalue weighted by atomic mass is 10.3. The predicted octanol–water partition coefficient (Wildman–Crippen LogP) is 3.82. The molecular formula is C14H12BrNO4. The molecule has 2 rings (SSSR count). The first-order valence-electron chi connectivity index (χ1n) is 5.91. The van der Waals surface area contributed by atoms with E-state index in [0.717, 1.165) is 10.2 Å². The highest BCUT2D eigenvalue weighted by molar-refractivity contribution is 9.10. The summed E-state index contributed by atoms with van der Waals surface area (Å²) in [4.78, 5) is 10.3. The molecule has 0 radical (unpaired) electrons. The monoisotopic (exact) mass is 337 g/mol. The van der Waals surface area contributed by atoms with Gasteiger partial charge < -0.3 is 9.47 Å². The van der Waals surface area contributed by atoms with Crippen LogP contribution in [0, 0.1) is 10.1 Å². The second-order valence-electron chi connectivity index (χ2n) is 3.88. The normalized spacial score (nSPS) is 10.1. The minimum Gasteiger partial charge on any atom is -0.490 e. The van der Waals surface area contributed by atoms with Crippen LogP contribution < -0.4 is 9.47 Å². The molecule has 0 amide bonds. The fourth-order valence-electron chi connectivity index (χ4n) is 1.57. The highest BCUT2D eigenvalue weighted by atomic mass is 79.9. The van der Waals surface area contributed by atoms with Gasteiger partial charge in [-0.05, 0) is 30.3 Å². The Morgan fingerprint density at radius 3 is 2.35 bits per heavy atom. The van der Waals surface area contributed by atoms with Gasteiger partial charge in [-0.3, -0.25) is 10.1 Å². The van der Waals surface area contributed by atoms with E-state index in [0.29, 0.717) is 6.61 Å². The summed E-state index contributed by atoms with van der Waals surface area (Å²) < 4.78 is 11.8. The highest BCUT2D eigenvalue weighted by Gasteiger charge is 2.13. The first-order valence-corrected chi connectivity index (χ1v) is 6.71. The van der Waals surface area contributed by atoms with Crippen molar-refractivity contribution in [3.05, 3.63) is 63.1 Å². The summed E-state index contributed by atoms with van der Waals surface area (Å²) in [6, 6.07) is 13.7. The Bertz CT molecular complexity index is 586. The van der Waals surface area contributed by atoms with Crippen LogP contribution in [0.15, 0.2) is 53.0 Å². The molecule has 0 fully saturated rings. The largest absolute Gasteiger partial charge is 0.490 e. The Morgan fingerprint density at radius 1 is 1.00 bits per heavy atom. The van der Waals surface area contributed by atoms with Gasteiger partial charge in [0.1, 0.15) is 19.0 Å². The molecule has 0 bridgehead atoms. The number of nitro groups is 1. The van der Waals surface area contributed by atoms with Crippen molar-refractivity contribution in [3.63, 3.8) is 0 Å². The molecule has 0 aliphatic heterocycles. The van der Waals surface area contributed by atoms with Gasteiger partial charge in [-0.25, -0.2) is 0 Å². The summed E-state index contributed by atoms with van der Waals surface area (Å²) in [6.45, 7) is 0.550. The van der Waals surface area contributed by atoms with E-state index in [1.165, 1.54) is 6.07 Å². The summed E-state index contributed by atoms with van der Waals surface area (Å²) in [5.41, 5.74) is -0.0452. The molecule has 0 saturated heterocycles. The van der Waals surface area contributed by atoms with E-state index in [9.17, 15) is 10.1 Å². The van der Waals surface area contributed by atoms with Gasteiger partial charge in [0.25, 0.3) is 0 Å². The van der Waals surface area contributed by atoms with E-state index in [-0.39, 0.29) is 18.0 Å². The minimum absolute atomic E-state index is 0.0452. The van der Waals surface area contributed by atoms with Crippen LogP contribution in [0.4, 0.5) is 5.69 Å². The van der Waals surface area contributed by atoms with Gasteiger partial charge >= 0.3 is 5.69 Å². The topological polar surface area (TPSA) is 61.6 Å². The summed E-state index contributed by atoms with van der Waals surface area (Å²) in [5.74, 6) is 0.969. The summed E-state index contributed by atoms with van der Waals surface area (Å²) in [7, 11) is 0. The number of rotatable bonds is 6. The Hall–Kier alpha value is -2.08. The molecule has 0 aliphatic rings. The van der Waals surface area contributed by atoms with Crippen molar-refractivity contribution in [3.8, 4) is 11.5 Å². The second-order valence-corrected chi connectivity index (χ2v) is 4.79. The predicted molar refractivity (Wildman–Crippen MR) is 78.2 cm³/mol. The SMILES string of the molecule is O=[N+]([O-])c1ccccc1OCCOc1ccc(Br)cc1. The number of ether oxygens (including phenoxy) is 2. The molecule has 6 heteroatoms. The molecule has 2 aromatic rings.